The molecule has 1 fully saturated rings. The van der Waals surface area contributed by atoms with Gasteiger partial charge in [-0.1, -0.05) is 18.1 Å². The van der Waals surface area contributed by atoms with E-state index >= 15 is 0 Å². The second-order valence-corrected chi connectivity index (χ2v) is 8.13. The third-order valence-electron chi connectivity index (χ3n) is 5.90. The number of fused-ring (bicyclic) bond motifs is 2. The molecule has 1 saturated heterocycles. The highest BCUT2D eigenvalue weighted by Gasteiger charge is 2.22. The Morgan fingerprint density at radius 3 is 2.74 bits per heavy atom. The number of hydrogen-bond acceptors (Lipinski definition) is 5. The average Bonchev–Trinajstić information content (AvgIpc) is 3.54. The predicted molar refractivity (Wildman–Crippen MR) is 129 cm³/mol. The van der Waals surface area contributed by atoms with Crippen LogP contribution in [0.2, 0.25) is 0 Å². The van der Waals surface area contributed by atoms with Gasteiger partial charge < -0.3 is 15.2 Å². The molecule has 1 aliphatic heterocycles. The van der Waals surface area contributed by atoms with Crippen LogP contribution < -0.4 is 5.32 Å². The lowest BCUT2D eigenvalue weighted by molar-refractivity contribution is -0.123. The largest absolute Gasteiger partial charge is 0.353 e. The third-order valence-corrected chi connectivity index (χ3v) is 5.90. The number of hydrogen-bond donors (Lipinski definition) is 2. The van der Waals surface area contributed by atoms with Gasteiger partial charge in [0, 0.05) is 47.6 Å². The Labute approximate surface area is 199 Å². The number of benzene rings is 1. The van der Waals surface area contributed by atoms with E-state index in [1.165, 1.54) is 0 Å². The van der Waals surface area contributed by atoms with E-state index in [0.717, 1.165) is 27.9 Å². The Bertz CT molecular complexity index is 1650. The van der Waals surface area contributed by atoms with Crippen molar-refractivity contribution in [3.63, 3.8) is 0 Å². The molecule has 4 aromatic heterocycles. The highest BCUT2D eigenvalue weighted by molar-refractivity contribution is 5.97. The van der Waals surface area contributed by atoms with E-state index in [1.807, 2.05) is 42.6 Å². The smallest absolute Gasteiger partial charge is 0.254 e. The standard InChI is InChI=1S/C26H19N7O2/c34-24-16-32(14-13-27-24)26(35)19-3-1-18(2-4-19)22-7-8-23-30-15-20(33(23)31-22)6-5-17-9-11-28-25-21(17)10-12-29-25/h1-4,7-12,15H,13-14,16H2,(H,27,34)(H,28,29). The molecule has 2 amide bonds. The Kier molecular flexibility index (Phi) is 4.96. The second-order valence-electron chi connectivity index (χ2n) is 8.13. The molecule has 1 aromatic carbocycles. The lowest BCUT2D eigenvalue weighted by Gasteiger charge is -2.26. The topological polar surface area (TPSA) is 108 Å². The maximum atomic E-state index is 12.7. The van der Waals surface area contributed by atoms with Gasteiger partial charge in [-0.2, -0.15) is 5.10 Å². The van der Waals surface area contributed by atoms with Gasteiger partial charge in [0.05, 0.1) is 18.4 Å². The molecule has 2 N–H and O–H groups in total. The van der Waals surface area contributed by atoms with Crippen molar-refractivity contribution < 1.29 is 9.59 Å². The van der Waals surface area contributed by atoms with E-state index in [4.69, 9.17) is 5.10 Å². The van der Waals surface area contributed by atoms with Crippen molar-refractivity contribution in [3.05, 3.63) is 83.9 Å². The molecular formula is C26H19N7O2. The monoisotopic (exact) mass is 461 g/mol. The van der Waals surface area contributed by atoms with E-state index in [2.05, 4.69) is 32.1 Å². The van der Waals surface area contributed by atoms with Crippen LogP contribution in [0.1, 0.15) is 21.6 Å². The van der Waals surface area contributed by atoms with Gasteiger partial charge in [-0.15, -0.1) is 0 Å². The first-order valence-electron chi connectivity index (χ1n) is 11.1. The van der Waals surface area contributed by atoms with Crippen molar-refractivity contribution in [1.82, 2.24) is 34.8 Å². The molecule has 0 spiro atoms. The van der Waals surface area contributed by atoms with Gasteiger partial charge in [0.25, 0.3) is 5.91 Å². The van der Waals surface area contributed by atoms with Gasteiger partial charge in [0.2, 0.25) is 5.91 Å². The van der Waals surface area contributed by atoms with E-state index < -0.39 is 0 Å². The van der Waals surface area contributed by atoms with Crippen molar-refractivity contribution in [2.24, 2.45) is 0 Å². The van der Waals surface area contributed by atoms with E-state index in [9.17, 15) is 9.59 Å². The van der Waals surface area contributed by atoms with Crippen LogP contribution in [-0.2, 0) is 4.79 Å². The second kappa shape index (κ2) is 8.43. The number of aromatic amines is 1. The minimum Gasteiger partial charge on any atom is -0.353 e. The fourth-order valence-electron chi connectivity index (χ4n) is 4.09. The normalized spacial score (nSPS) is 13.5. The highest BCUT2D eigenvalue weighted by atomic mass is 16.2. The molecule has 9 heteroatoms. The summed E-state index contributed by atoms with van der Waals surface area (Å²) in [7, 11) is 0. The van der Waals surface area contributed by atoms with Gasteiger partial charge >= 0.3 is 0 Å². The fraction of sp³-hybridized carbons (Fsp3) is 0.115. The number of aromatic nitrogens is 5. The summed E-state index contributed by atoms with van der Waals surface area (Å²) < 4.78 is 1.71. The molecule has 6 rings (SSSR count). The van der Waals surface area contributed by atoms with Crippen molar-refractivity contribution in [3.8, 4) is 23.1 Å². The van der Waals surface area contributed by atoms with Crippen molar-refractivity contribution in [2.45, 2.75) is 0 Å². The van der Waals surface area contributed by atoms with Crippen molar-refractivity contribution in [2.75, 3.05) is 19.6 Å². The molecule has 0 unspecified atom stereocenters. The number of piperazine rings is 1. The maximum Gasteiger partial charge on any atom is 0.254 e. The molecule has 0 atom stereocenters. The number of amides is 2. The predicted octanol–water partition coefficient (Wildman–Crippen LogP) is 2.24. The van der Waals surface area contributed by atoms with Gasteiger partial charge in [0.1, 0.15) is 11.3 Å². The molecule has 0 bridgehead atoms. The summed E-state index contributed by atoms with van der Waals surface area (Å²) in [6.07, 6.45) is 5.26. The molecule has 9 nitrogen and oxygen atoms in total. The molecule has 35 heavy (non-hydrogen) atoms. The lowest BCUT2D eigenvalue weighted by atomic mass is 10.1. The highest BCUT2D eigenvalue weighted by Crippen LogP contribution is 2.20. The maximum absolute atomic E-state index is 12.7. The zero-order valence-corrected chi connectivity index (χ0v) is 18.5. The van der Waals surface area contributed by atoms with Crippen LogP contribution in [0.15, 0.2) is 67.1 Å². The summed E-state index contributed by atoms with van der Waals surface area (Å²) >= 11 is 0. The number of pyridine rings is 1. The van der Waals surface area contributed by atoms with Gasteiger partial charge in [0.15, 0.2) is 5.65 Å². The Morgan fingerprint density at radius 2 is 1.89 bits per heavy atom. The number of nitrogens with zero attached hydrogens (tertiary/aromatic N) is 5. The summed E-state index contributed by atoms with van der Waals surface area (Å²) in [5.74, 6) is 6.08. The van der Waals surface area contributed by atoms with Crippen LogP contribution >= 0.6 is 0 Å². The zero-order valence-electron chi connectivity index (χ0n) is 18.5. The number of H-pyrrole nitrogens is 1. The minimum absolute atomic E-state index is 0.0817. The van der Waals surface area contributed by atoms with Crippen molar-refractivity contribution in [1.29, 1.82) is 0 Å². The van der Waals surface area contributed by atoms with E-state index in [-0.39, 0.29) is 18.4 Å². The number of rotatable bonds is 2. The molecule has 5 aromatic rings. The first kappa shape index (κ1) is 20.6. The average molecular weight is 461 g/mol. The Balaban J connectivity index is 1.29. The summed E-state index contributed by atoms with van der Waals surface area (Å²) in [6, 6.07) is 14.8. The lowest BCUT2D eigenvalue weighted by Crippen LogP contribution is -2.49. The van der Waals surface area contributed by atoms with Crippen molar-refractivity contribution >= 4 is 28.5 Å². The van der Waals surface area contributed by atoms with E-state index in [0.29, 0.717) is 30.0 Å². The fourth-order valence-corrected chi connectivity index (χ4v) is 4.09. The van der Waals surface area contributed by atoms with Crippen LogP contribution in [0.3, 0.4) is 0 Å². The van der Waals surface area contributed by atoms with Crippen LogP contribution in [0, 0.1) is 11.8 Å². The quantitative estimate of drug-likeness (QED) is 0.392. The van der Waals surface area contributed by atoms with Crippen LogP contribution in [0.4, 0.5) is 0 Å². The van der Waals surface area contributed by atoms with Crippen LogP contribution in [0.25, 0.3) is 27.9 Å². The summed E-state index contributed by atoms with van der Waals surface area (Å²) in [4.78, 5) is 37.7. The van der Waals surface area contributed by atoms with Crippen LogP contribution in [-0.4, -0.2) is 60.9 Å². The number of nitrogens with one attached hydrogen (secondary N) is 2. The SMILES string of the molecule is O=C1CN(C(=O)c2ccc(-c3ccc4ncc(C#Cc5ccnc6[nH]ccc56)n4n3)cc2)CCN1. The first-order valence-corrected chi connectivity index (χ1v) is 11.1. The first-order chi connectivity index (χ1) is 17.2. The molecule has 1 aliphatic rings. The number of carbonyl (C=O) groups is 2. The molecule has 5 heterocycles. The van der Waals surface area contributed by atoms with Crippen LogP contribution in [0.5, 0.6) is 0 Å². The summed E-state index contributed by atoms with van der Waals surface area (Å²) in [5.41, 5.74) is 5.14. The van der Waals surface area contributed by atoms with Gasteiger partial charge in [-0.05, 0) is 42.3 Å². The minimum atomic E-state index is -0.158. The van der Waals surface area contributed by atoms with Gasteiger partial charge in [-0.3, -0.25) is 9.59 Å². The molecule has 0 radical (unpaired) electrons. The third kappa shape index (κ3) is 3.87. The van der Waals surface area contributed by atoms with E-state index in [1.54, 1.807) is 33.9 Å². The number of imidazole rings is 1. The Hall–Kier alpha value is -4.97. The summed E-state index contributed by atoms with van der Waals surface area (Å²) in [6.45, 7) is 1.06. The summed E-state index contributed by atoms with van der Waals surface area (Å²) in [5, 5.41) is 8.42. The number of carbonyl (C=O) groups excluding carboxylic acids is 2. The molecule has 170 valence electrons. The Morgan fingerprint density at radius 1 is 1.00 bits per heavy atom. The van der Waals surface area contributed by atoms with Gasteiger partial charge in [-0.25, -0.2) is 14.5 Å². The molecular weight excluding hydrogens is 442 g/mol. The molecule has 0 aliphatic carbocycles. The molecule has 0 saturated carbocycles. The zero-order chi connectivity index (χ0) is 23.8.